The number of anilines is 1. The van der Waals surface area contributed by atoms with Crippen LogP contribution in [0, 0.1) is 6.92 Å². The van der Waals surface area contributed by atoms with Crippen LogP contribution in [0.1, 0.15) is 27.5 Å². The van der Waals surface area contributed by atoms with Gasteiger partial charge in [0.25, 0.3) is 11.5 Å². The first-order valence-electron chi connectivity index (χ1n) is 11.0. The Hall–Kier alpha value is -2.91. The van der Waals surface area contributed by atoms with E-state index in [2.05, 4.69) is 15.2 Å². The second kappa shape index (κ2) is 8.79. The van der Waals surface area contributed by atoms with Crippen LogP contribution in [-0.4, -0.2) is 59.0 Å². The molecular weight excluding hydrogens is 462 g/mol. The third kappa shape index (κ3) is 4.11. The van der Waals surface area contributed by atoms with E-state index in [-0.39, 0.29) is 23.9 Å². The number of fused-ring (bicyclic) bond motifs is 2. The van der Waals surface area contributed by atoms with Gasteiger partial charge in [0.2, 0.25) is 5.91 Å². The van der Waals surface area contributed by atoms with E-state index >= 15 is 0 Å². The summed E-state index contributed by atoms with van der Waals surface area (Å²) in [6, 6.07) is 7.68. The van der Waals surface area contributed by atoms with Crippen molar-refractivity contribution in [1.82, 2.24) is 19.8 Å². The molecule has 1 fully saturated rings. The lowest BCUT2D eigenvalue weighted by Crippen LogP contribution is -2.51. The monoisotopic (exact) mass is 485 g/mol. The van der Waals surface area contributed by atoms with Crippen LogP contribution in [0.25, 0.3) is 10.2 Å². The van der Waals surface area contributed by atoms with Crippen molar-refractivity contribution in [2.24, 2.45) is 0 Å². The molecule has 33 heavy (non-hydrogen) atoms. The van der Waals surface area contributed by atoms with Gasteiger partial charge in [-0.25, -0.2) is 4.98 Å². The number of carbonyl (C=O) groups is 2. The molecule has 1 saturated heterocycles. The van der Waals surface area contributed by atoms with Crippen LogP contribution < -0.4 is 15.8 Å². The van der Waals surface area contributed by atoms with E-state index < -0.39 is 0 Å². The largest absolute Gasteiger partial charge is 0.368 e. The zero-order chi connectivity index (χ0) is 23.1. The van der Waals surface area contributed by atoms with Crippen LogP contribution in [0.3, 0.4) is 0 Å². The highest BCUT2D eigenvalue weighted by Gasteiger charge is 2.25. The number of amides is 2. The minimum atomic E-state index is -0.342. The number of aromatic nitrogens is 2. The lowest BCUT2D eigenvalue weighted by atomic mass is 10.2. The summed E-state index contributed by atoms with van der Waals surface area (Å²) in [7, 11) is 0. The maximum Gasteiger partial charge on any atom is 0.262 e. The van der Waals surface area contributed by atoms with E-state index in [1.54, 1.807) is 16.4 Å². The third-order valence-electron chi connectivity index (χ3n) is 6.32. The van der Waals surface area contributed by atoms with Crippen molar-refractivity contribution in [3.05, 3.63) is 55.9 Å². The summed E-state index contributed by atoms with van der Waals surface area (Å²) in [5.74, 6) is 0.323. The minimum absolute atomic E-state index is 0.0750. The smallest absolute Gasteiger partial charge is 0.262 e. The van der Waals surface area contributed by atoms with Crippen LogP contribution in [0.4, 0.5) is 5.69 Å². The topological polar surface area (TPSA) is 87.5 Å². The molecule has 8 nitrogen and oxygen atoms in total. The number of benzene rings is 1. The number of piperazine rings is 1. The van der Waals surface area contributed by atoms with E-state index in [0.29, 0.717) is 58.4 Å². The molecule has 2 aromatic heterocycles. The molecule has 0 unspecified atom stereocenters. The Morgan fingerprint density at radius 1 is 1.18 bits per heavy atom. The van der Waals surface area contributed by atoms with Crippen LogP contribution in [0.15, 0.2) is 29.1 Å². The first-order chi connectivity index (χ1) is 15.9. The predicted molar refractivity (Wildman–Crippen MR) is 130 cm³/mol. The number of aryl methyl sites for hydroxylation is 2. The van der Waals surface area contributed by atoms with Crippen molar-refractivity contribution in [2.45, 2.75) is 26.3 Å². The average Bonchev–Trinajstić information content (AvgIpc) is 3.42. The van der Waals surface area contributed by atoms with Gasteiger partial charge in [-0.2, -0.15) is 0 Å². The number of thiophene rings is 1. The summed E-state index contributed by atoms with van der Waals surface area (Å²) in [6.45, 7) is 4.94. The first-order valence-corrected chi connectivity index (χ1v) is 12.2. The number of rotatable bonds is 4. The van der Waals surface area contributed by atoms with Crippen molar-refractivity contribution in [3.63, 3.8) is 0 Å². The Balaban J connectivity index is 1.21. The molecule has 2 aliphatic rings. The van der Waals surface area contributed by atoms with E-state index in [1.165, 1.54) is 11.3 Å². The number of nitrogens with zero attached hydrogens (tertiary/aromatic N) is 4. The Labute approximate surface area is 199 Å². The Morgan fingerprint density at radius 3 is 2.73 bits per heavy atom. The van der Waals surface area contributed by atoms with E-state index in [4.69, 9.17) is 11.6 Å². The zero-order valence-electron chi connectivity index (χ0n) is 18.3. The van der Waals surface area contributed by atoms with Gasteiger partial charge >= 0.3 is 0 Å². The molecule has 0 spiro atoms. The molecule has 0 atom stereocenters. The lowest BCUT2D eigenvalue weighted by Gasteiger charge is -2.36. The van der Waals surface area contributed by atoms with Gasteiger partial charge in [-0.15, -0.1) is 11.3 Å². The summed E-state index contributed by atoms with van der Waals surface area (Å²) in [4.78, 5) is 47.9. The van der Waals surface area contributed by atoms with Crippen molar-refractivity contribution >= 4 is 50.7 Å². The molecule has 4 heterocycles. The highest BCUT2D eigenvalue weighted by molar-refractivity contribution is 7.20. The standard InChI is InChI=1S/C23H24ClN5O3S/c1-14-19-22(26-17-6-3-7-29(17)23(19)32)33-20(14)21(31)25-13-18(30)28-10-8-27(9-11-28)16-5-2-4-15(24)12-16/h2,4-5,12H,3,6-11,13H2,1H3,(H,25,31). The summed E-state index contributed by atoms with van der Waals surface area (Å²) < 4.78 is 1.70. The summed E-state index contributed by atoms with van der Waals surface area (Å²) >= 11 is 7.30. The SMILES string of the molecule is Cc1c(C(=O)NCC(=O)N2CCN(c3cccc(Cl)c3)CC2)sc2nc3n(c(=O)c12)CCC3. The fourth-order valence-electron chi connectivity index (χ4n) is 4.53. The molecule has 0 bridgehead atoms. The normalized spacial score (nSPS) is 15.7. The molecule has 172 valence electrons. The van der Waals surface area contributed by atoms with Gasteiger partial charge in [-0.3, -0.25) is 19.0 Å². The van der Waals surface area contributed by atoms with Crippen molar-refractivity contribution < 1.29 is 9.59 Å². The van der Waals surface area contributed by atoms with E-state index in [0.717, 1.165) is 24.4 Å². The molecule has 2 amide bonds. The van der Waals surface area contributed by atoms with Gasteiger partial charge in [-0.1, -0.05) is 17.7 Å². The van der Waals surface area contributed by atoms with Gasteiger partial charge in [0.1, 0.15) is 10.7 Å². The number of hydrogen-bond acceptors (Lipinski definition) is 6. The number of carbonyl (C=O) groups excluding carboxylic acids is 2. The maximum atomic E-state index is 12.8. The van der Waals surface area contributed by atoms with Crippen molar-refractivity contribution in [2.75, 3.05) is 37.6 Å². The molecule has 5 rings (SSSR count). The first kappa shape index (κ1) is 21.9. The maximum absolute atomic E-state index is 12.8. The molecule has 10 heteroatoms. The van der Waals surface area contributed by atoms with Gasteiger partial charge in [0, 0.05) is 49.9 Å². The van der Waals surface area contributed by atoms with E-state index in [9.17, 15) is 14.4 Å². The Morgan fingerprint density at radius 2 is 1.97 bits per heavy atom. The summed E-state index contributed by atoms with van der Waals surface area (Å²) in [5.41, 5.74) is 1.60. The molecule has 0 radical (unpaired) electrons. The summed E-state index contributed by atoms with van der Waals surface area (Å²) in [6.07, 6.45) is 1.70. The van der Waals surface area contributed by atoms with Gasteiger partial charge in [0.15, 0.2) is 0 Å². The predicted octanol–water partition coefficient (Wildman–Crippen LogP) is 2.44. The number of hydrogen-bond donors (Lipinski definition) is 1. The van der Waals surface area contributed by atoms with Crippen LogP contribution in [0.2, 0.25) is 5.02 Å². The van der Waals surface area contributed by atoms with Gasteiger partial charge in [0.05, 0.1) is 16.8 Å². The zero-order valence-corrected chi connectivity index (χ0v) is 19.8. The number of halogens is 1. The Kier molecular flexibility index (Phi) is 5.84. The van der Waals surface area contributed by atoms with Crippen LogP contribution in [-0.2, 0) is 17.8 Å². The van der Waals surface area contributed by atoms with Crippen molar-refractivity contribution in [3.8, 4) is 0 Å². The Bertz CT molecular complexity index is 1310. The summed E-state index contributed by atoms with van der Waals surface area (Å²) in [5, 5.41) is 3.94. The molecule has 2 aliphatic heterocycles. The molecule has 0 saturated carbocycles. The van der Waals surface area contributed by atoms with Gasteiger partial charge < -0.3 is 15.1 Å². The molecule has 1 aromatic carbocycles. The minimum Gasteiger partial charge on any atom is -0.368 e. The lowest BCUT2D eigenvalue weighted by molar-refractivity contribution is -0.130. The van der Waals surface area contributed by atoms with E-state index in [1.807, 2.05) is 24.3 Å². The van der Waals surface area contributed by atoms with Crippen molar-refractivity contribution in [1.29, 1.82) is 0 Å². The quantitative estimate of drug-likeness (QED) is 0.613. The van der Waals surface area contributed by atoms with Crippen LogP contribution >= 0.6 is 22.9 Å². The molecule has 0 aliphatic carbocycles. The average molecular weight is 486 g/mol. The highest BCUT2D eigenvalue weighted by atomic mass is 35.5. The second-order valence-electron chi connectivity index (χ2n) is 8.36. The van der Waals surface area contributed by atoms with Gasteiger partial charge in [-0.05, 0) is 37.1 Å². The third-order valence-corrected chi connectivity index (χ3v) is 7.74. The molecule has 3 aromatic rings. The second-order valence-corrected chi connectivity index (χ2v) is 9.79. The molecular formula is C23H24ClN5O3S. The highest BCUT2D eigenvalue weighted by Crippen LogP contribution is 2.28. The fourth-order valence-corrected chi connectivity index (χ4v) is 5.82. The van der Waals surface area contributed by atoms with Crippen LogP contribution in [0.5, 0.6) is 0 Å². The fraction of sp³-hybridized carbons (Fsp3) is 0.391. The number of nitrogens with one attached hydrogen (secondary N) is 1. The molecule has 1 N–H and O–H groups in total.